The summed E-state index contributed by atoms with van der Waals surface area (Å²) in [4.78, 5) is 3.98. The zero-order valence-corrected chi connectivity index (χ0v) is 10.5. The predicted molar refractivity (Wildman–Crippen MR) is 70.2 cm³/mol. The molecular weight excluding hydrogens is 287 g/mol. The van der Waals surface area contributed by atoms with E-state index in [4.69, 9.17) is 0 Å². The molecule has 0 radical (unpaired) electrons. The minimum atomic E-state index is -4.74. The molecule has 7 heteroatoms. The van der Waals surface area contributed by atoms with Gasteiger partial charge < -0.3 is 14.9 Å². The van der Waals surface area contributed by atoms with Crippen LogP contribution < -0.4 is 4.74 Å². The van der Waals surface area contributed by atoms with Crippen molar-refractivity contribution < 1.29 is 28.1 Å². The summed E-state index contributed by atoms with van der Waals surface area (Å²) in [5.74, 6) is -0.951. The fraction of sp³-hybridized carbons (Fsp3) is 0.0714. The van der Waals surface area contributed by atoms with E-state index in [0.29, 0.717) is 5.69 Å². The quantitative estimate of drug-likeness (QED) is 0.670. The first-order valence-electron chi connectivity index (χ1n) is 5.76. The smallest absolute Gasteiger partial charge is 0.504 e. The fourth-order valence-corrected chi connectivity index (χ4v) is 1.53. The van der Waals surface area contributed by atoms with E-state index in [0.717, 1.165) is 12.1 Å². The summed E-state index contributed by atoms with van der Waals surface area (Å²) in [5.41, 5.74) is 0.651. The Morgan fingerprint density at radius 3 is 2.29 bits per heavy atom. The van der Waals surface area contributed by atoms with Crippen LogP contribution in [0.3, 0.4) is 0 Å². The number of benzene rings is 2. The third-order valence-electron chi connectivity index (χ3n) is 2.47. The Labute approximate surface area is 117 Å². The fourth-order valence-electron chi connectivity index (χ4n) is 1.53. The van der Waals surface area contributed by atoms with Crippen LogP contribution >= 0.6 is 0 Å². The Kier molecular flexibility index (Phi) is 4.02. The molecule has 0 heterocycles. The zero-order chi connectivity index (χ0) is 15.5. The van der Waals surface area contributed by atoms with Crippen LogP contribution in [0, 0.1) is 0 Å². The van der Waals surface area contributed by atoms with Gasteiger partial charge in [0.25, 0.3) is 0 Å². The lowest BCUT2D eigenvalue weighted by atomic mass is 10.2. The molecule has 0 atom stereocenters. The van der Waals surface area contributed by atoms with Gasteiger partial charge in [0, 0.05) is 11.8 Å². The second kappa shape index (κ2) is 5.74. The van der Waals surface area contributed by atoms with E-state index in [9.17, 15) is 23.4 Å². The van der Waals surface area contributed by atoms with E-state index < -0.39 is 6.36 Å². The van der Waals surface area contributed by atoms with Crippen molar-refractivity contribution in [3.63, 3.8) is 0 Å². The Balaban J connectivity index is 2.13. The van der Waals surface area contributed by atoms with Crippen LogP contribution in [0.5, 0.6) is 17.2 Å². The summed E-state index contributed by atoms with van der Waals surface area (Å²) in [7, 11) is 0. The van der Waals surface area contributed by atoms with Crippen LogP contribution in [0.2, 0.25) is 0 Å². The number of phenols is 2. The van der Waals surface area contributed by atoms with Gasteiger partial charge in [0.15, 0.2) is 11.5 Å². The number of rotatable bonds is 3. The topological polar surface area (TPSA) is 62.1 Å². The van der Waals surface area contributed by atoms with Crippen LogP contribution in [0.4, 0.5) is 18.9 Å². The first kappa shape index (κ1) is 14.7. The highest BCUT2D eigenvalue weighted by atomic mass is 19.4. The van der Waals surface area contributed by atoms with Crippen molar-refractivity contribution >= 4 is 11.9 Å². The Bertz CT molecular complexity index is 652. The lowest BCUT2D eigenvalue weighted by Crippen LogP contribution is -2.16. The third kappa shape index (κ3) is 4.13. The van der Waals surface area contributed by atoms with Gasteiger partial charge in [-0.2, -0.15) is 0 Å². The molecule has 110 valence electrons. The highest BCUT2D eigenvalue weighted by Gasteiger charge is 2.30. The molecular formula is C14H10F3NO3. The maximum Gasteiger partial charge on any atom is 0.573 e. The number of alkyl halides is 3. The second-order valence-electron chi connectivity index (χ2n) is 4.01. The first-order chi connectivity index (χ1) is 9.85. The van der Waals surface area contributed by atoms with E-state index in [1.54, 1.807) is 0 Å². The van der Waals surface area contributed by atoms with Crippen molar-refractivity contribution in [2.24, 2.45) is 4.99 Å². The number of ether oxygens (including phenoxy) is 1. The molecule has 0 saturated heterocycles. The number of nitrogens with zero attached hydrogens (tertiary/aromatic N) is 1. The van der Waals surface area contributed by atoms with Crippen molar-refractivity contribution in [1.29, 1.82) is 0 Å². The molecule has 0 aliphatic heterocycles. The van der Waals surface area contributed by atoms with Crippen molar-refractivity contribution in [1.82, 2.24) is 0 Å². The van der Waals surface area contributed by atoms with Gasteiger partial charge in [-0.05, 0) is 36.4 Å². The zero-order valence-electron chi connectivity index (χ0n) is 10.5. The van der Waals surface area contributed by atoms with Crippen molar-refractivity contribution in [3.8, 4) is 17.2 Å². The molecule has 2 rings (SSSR count). The monoisotopic (exact) mass is 297 g/mol. The predicted octanol–water partition coefficient (Wildman–Crippen LogP) is 3.75. The minimum Gasteiger partial charge on any atom is -0.504 e. The van der Waals surface area contributed by atoms with Gasteiger partial charge in [0.05, 0.1) is 5.69 Å². The summed E-state index contributed by atoms with van der Waals surface area (Å²) in [6, 6.07) is 9.28. The summed E-state index contributed by atoms with van der Waals surface area (Å²) in [6.45, 7) is 0. The van der Waals surface area contributed by atoms with Gasteiger partial charge >= 0.3 is 6.36 Å². The molecule has 0 bridgehead atoms. The number of hydrogen-bond acceptors (Lipinski definition) is 4. The van der Waals surface area contributed by atoms with Crippen LogP contribution in [0.25, 0.3) is 0 Å². The molecule has 4 nitrogen and oxygen atoms in total. The number of aliphatic imine (C=N–C) groups is 1. The number of hydrogen-bond donors (Lipinski definition) is 2. The molecule has 0 spiro atoms. The minimum absolute atomic E-state index is 0.283. The van der Waals surface area contributed by atoms with E-state index in [1.165, 1.54) is 36.5 Å². The Morgan fingerprint density at radius 2 is 1.67 bits per heavy atom. The van der Waals surface area contributed by atoms with Gasteiger partial charge in [-0.3, -0.25) is 4.99 Å². The summed E-state index contributed by atoms with van der Waals surface area (Å²) in [5, 5.41) is 18.9. The lowest BCUT2D eigenvalue weighted by molar-refractivity contribution is -0.274. The molecule has 21 heavy (non-hydrogen) atoms. The van der Waals surface area contributed by atoms with Gasteiger partial charge in [-0.1, -0.05) is 6.07 Å². The summed E-state index contributed by atoms with van der Waals surface area (Å²) < 4.78 is 39.7. The average Bonchev–Trinajstić information content (AvgIpc) is 2.40. The molecule has 2 N–H and O–H groups in total. The maximum absolute atomic E-state index is 12.0. The van der Waals surface area contributed by atoms with E-state index in [1.807, 2.05) is 0 Å². The van der Waals surface area contributed by atoms with Crippen LogP contribution in [0.1, 0.15) is 5.56 Å². The molecule has 0 fully saturated rings. The standard InChI is InChI=1S/C14H10F3NO3/c15-14(16,17)21-11-6-4-10(5-7-11)18-8-9-2-1-3-12(19)13(9)20/h1-8,19-20H. The Hall–Kier alpha value is -2.70. The lowest BCUT2D eigenvalue weighted by Gasteiger charge is -2.08. The van der Waals surface area contributed by atoms with Crippen molar-refractivity contribution in [2.45, 2.75) is 6.36 Å². The molecule has 0 aromatic heterocycles. The van der Waals surface area contributed by atoms with Crippen LogP contribution in [0.15, 0.2) is 47.5 Å². The number of halogens is 3. The number of para-hydroxylation sites is 1. The van der Waals surface area contributed by atoms with Gasteiger partial charge in [-0.15, -0.1) is 13.2 Å². The molecule has 0 aliphatic rings. The van der Waals surface area contributed by atoms with Gasteiger partial charge in [-0.25, -0.2) is 0 Å². The third-order valence-corrected chi connectivity index (χ3v) is 2.47. The van der Waals surface area contributed by atoms with Gasteiger partial charge in [0.2, 0.25) is 0 Å². The molecule has 2 aromatic carbocycles. The molecule has 0 aliphatic carbocycles. The average molecular weight is 297 g/mol. The Morgan fingerprint density at radius 1 is 1.00 bits per heavy atom. The number of phenolic OH excluding ortho intramolecular Hbond substituents is 2. The first-order valence-corrected chi connectivity index (χ1v) is 5.76. The molecule has 0 amide bonds. The van der Waals surface area contributed by atoms with Gasteiger partial charge in [0.1, 0.15) is 5.75 Å². The second-order valence-corrected chi connectivity index (χ2v) is 4.01. The normalized spacial score (nSPS) is 11.8. The maximum atomic E-state index is 12.0. The number of aromatic hydroxyl groups is 2. The van der Waals surface area contributed by atoms with Crippen molar-refractivity contribution in [2.75, 3.05) is 0 Å². The van der Waals surface area contributed by atoms with Crippen molar-refractivity contribution in [3.05, 3.63) is 48.0 Å². The highest BCUT2D eigenvalue weighted by Crippen LogP contribution is 2.28. The highest BCUT2D eigenvalue weighted by molar-refractivity contribution is 5.86. The SMILES string of the molecule is Oc1cccc(C=Nc2ccc(OC(F)(F)F)cc2)c1O. The summed E-state index contributed by atoms with van der Waals surface area (Å²) >= 11 is 0. The molecule has 2 aromatic rings. The van der Waals surface area contributed by atoms with E-state index in [2.05, 4.69) is 9.73 Å². The molecule has 0 unspecified atom stereocenters. The van der Waals surface area contributed by atoms with Crippen LogP contribution in [-0.2, 0) is 0 Å². The van der Waals surface area contributed by atoms with Crippen LogP contribution in [-0.4, -0.2) is 22.8 Å². The molecule has 0 saturated carbocycles. The van der Waals surface area contributed by atoms with E-state index >= 15 is 0 Å². The van der Waals surface area contributed by atoms with E-state index in [-0.39, 0.29) is 22.8 Å². The largest absolute Gasteiger partial charge is 0.573 e. The summed E-state index contributed by atoms with van der Waals surface area (Å²) in [6.07, 6.45) is -3.45.